The standard InChI is InChI=1S/C18H11F3N2O4/c1-27-17(24)15-14(10-5-3-2-4-6-10)12-9-11(23(25)26)7-8-13(12)22-16(15)18(19,20)21/h2-9H,1H3. The summed E-state index contributed by atoms with van der Waals surface area (Å²) in [6.45, 7) is 0. The predicted molar refractivity (Wildman–Crippen MR) is 90.2 cm³/mol. The van der Waals surface area contributed by atoms with Crippen molar-refractivity contribution >= 4 is 22.6 Å². The van der Waals surface area contributed by atoms with Crippen molar-refractivity contribution in [2.75, 3.05) is 7.11 Å². The SMILES string of the molecule is COC(=O)c1c(C(F)(F)F)nc2ccc([N+](=O)[O-])cc2c1-c1ccccc1. The van der Waals surface area contributed by atoms with E-state index >= 15 is 0 Å². The summed E-state index contributed by atoms with van der Waals surface area (Å²) in [6, 6.07) is 11.1. The highest BCUT2D eigenvalue weighted by atomic mass is 19.4. The lowest BCUT2D eigenvalue weighted by molar-refractivity contribution is -0.384. The van der Waals surface area contributed by atoms with Crippen LogP contribution < -0.4 is 0 Å². The molecule has 0 amide bonds. The number of carbonyl (C=O) groups excluding carboxylic acids is 1. The van der Waals surface area contributed by atoms with E-state index in [4.69, 9.17) is 0 Å². The third kappa shape index (κ3) is 3.31. The van der Waals surface area contributed by atoms with Gasteiger partial charge in [-0.05, 0) is 11.6 Å². The number of esters is 1. The molecule has 0 radical (unpaired) electrons. The van der Waals surface area contributed by atoms with Crippen LogP contribution in [-0.4, -0.2) is 23.0 Å². The first-order valence-corrected chi connectivity index (χ1v) is 7.57. The number of halogens is 3. The number of aromatic nitrogens is 1. The van der Waals surface area contributed by atoms with E-state index in [9.17, 15) is 28.1 Å². The van der Waals surface area contributed by atoms with E-state index in [1.807, 2.05) is 0 Å². The Balaban J connectivity index is 2.55. The first-order chi connectivity index (χ1) is 12.7. The Hall–Kier alpha value is -3.49. The lowest BCUT2D eigenvalue weighted by atomic mass is 9.93. The zero-order valence-corrected chi connectivity index (χ0v) is 13.8. The number of hydrogen-bond acceptors (Lipinski definition) is 5. The molecule has 0 aliphatic heterocycles. The maximum atomic E-state index is 13.6. The molecule has 138 valence electrons. The highest BCUT2D eigenvalue weighted by Gasteiger charge is 2.40. The van der Waals surface area contributed by atoms with Gasteiger partial charge >= 0.3 is 12.1 Å². The van der Waals surface area contributed by atoms with E-state index in [2.05, 4.69) is 9.72 Å². The molecule has 0 N–H and O–H groups in total. The number of rotatable bonds is 3. The first kappa shape index (κ1) is 18.3. The second kappa shape index (κ2) is 6.67. The molecule has 0 aliphatic rings. The number of carbonyl (C=O) groups is 1. The van der Waals surface area contributed by atoms with E-state index in [-0.39, 0.29) is 27.7 Å². The average Bonchev–Trinajstić information content (AvgIpc) is 2.65. The summed E-state index contributed by atoms with van der Waals surface area (Å²) in [5.41, 5.74) is -2.50. The molecule has 0 bridgehead atoms. The number of nitrogens with zero attached hydrogens (tertiary/aromatic N) is 2. The van der Waals surface area contributed by atoms with E-state index < -0.39 is 28.3 Å². The van der Waals surface area contributed by atoms with Crippen LogP contribution in [0.4, 0.5) is 18.9 Å². The van der Waals surface area contributed by atoms with Gasteiger partial charge in [0.05, 0.1) is 23.1 Å². The maximum absolute atomic E-state index is 13.6. The van der Waals surface area contributed by atoms with Crippen molar-refractivity contribution in [2.45, 2.75) is 6.18 Å². The molecule has 3 aromatic rings. The van der Waals surface area contributed by atoms with Crippen LogP contribution in [0, 0.1) is 10.1 Å². The fourth-order valence-corrected chi connectivity index (χ4v) is 2.78. The molecule has 0 atom stereocenters. The Morgan fingerprint density at radius 2 is 1.81 bits per heavy atom. The van der Waals surface area contributed by atoms with Crippen LogP contribution in [-0.2, 0) is 10.9 Å². The quantitative estimate of drug-likeness (QED) is 0.379. The van der Waals surface area contributed by atoms with Crippen LogP contribution >= 0.6 is 0 Å². The van der Waals surface area contributed by atoms with E-state index in [1.54, 1.807) is 18.2 Å². The summed E-state index contributed by atoms with van der Waals surface area (Å²) < 4.78 is 45.3. The third-order valence-corrected chi connectivity index (χ3v) is 3.90. The lowest BCUT2D eigenvalue weighted by Crippen LogP contribution is -2.18. The summed E-state index contributed by atoms with van der Waals surface area (Å²) in [5.74, 6) is -1.23. The minimum absolute atomic E-state index is 0.0452. The molecule has 2 aromatic carbocycles. The number of fused-ring (bicyclic) bond motifs is 1. The largest absolute Gasteiger partial charge is 0.465 e. The molecule has 1 heterocycles. The van der Waals surface area contributed by atoms with Crippen molar-refractivity contribution in [3.8, 4) is 11.1 Å². The van der Waals surface area contributed by atoms with Gasteiger partial charge < -0.3 is 4.74 Å². The molecule has 27 heavy (non-hydrogen) atoms. The Morgan fingerprint density at radius 1 is 1.15 bits per heavy atom. The molecule has 0 fully saturated rings. The van der Waals surface area contributed by atoms with Gasteiger partial charge in [0.15, 0.2) is 5.69 Å². The van der Waals surface area contributed by atoms with Crippen LogP contribution in [0.2, 0.25) is 0 Å². The van der Waals surface area contributed by atoms with Gasteiger partial charge in [0.1, 0.15) is 0 Å². The Kier molecular flexibility index (Phi) is 4.52. The van der Waals surface area contributed by atoms with Crippen LogP contribution in [0.15, 0.2) is 48.5 Å². The number of benzene rings is 2. The van der Waals surface area contributed by atoms with Gasteiger partial charge in [-0.25, -0.2) is 9.78 Å². The molecule has 9 heteroatoms. The van der Waals surface area contributed by atoms with Crippen molar-refractivity contribution < 1.29 is 27.6 Å². The van der Waals surface area contributed by atoms with Gasteiger partial charge in [0.2, 0.25) is 0 Å². The van der Waals surface area contributed by atoms with Gasteiger partial charge in [0, 0.05) is 23.1 Å². The highest BCUT2D eigenvalue weighted by Crippen LogP contribution is 2.40. The van der Waals surface area contributed by atoms with Crippen LogP contribution in [0.25, 0.3) is 22.0 Å². The third-order valence-electron chi connectivity index (χ3n) is 3.90. The van der Waals surface area contributed by atoms with Gasteiger partial charge in [-0.15, -0.1) is 0 Å². The summed E-state index contributed by atoms with van der Waals surface area (Å²) in [4.78, 5) is 26.2. The number of ether oxygens (including phenoxy) is 1. The summed E-state index contributed by atoms with van der Waals surface area (Å²) in [6.07, 6.45) is -4.93. The van der Waals surface area contributed by atoms with Crippen molar-refractivity contribution in [1.29, 1.82) is 0 Å². The minimum atomic E-state index is -4.93. The molecule has 0 aliphatic carbocycles. The number of nitro benzene ring substituents is 1. The molecule has 6 nitrogen and oxygen atoms in total. The van der Waals surface area contributed by atoms with Crippen molar-refractivity contribution in [2.24, 2.45) is 0 Å². The Morgan fingerprint density at radius 3 is 2.37 bits per heavy atom. The van der Waals surface area contributed by atoms with Gasteiger partial charge in [0.25, 0.3) is 5.69 Å². The minimum Gasteiger partial charge on any atom is -0.465 e. The molecule has 0 unspecified atom stereocenters. The molecule has 0 saturated carbocycles. The summed E-state index contributed by atoms with van der Waals surface area (Å²) in [7, 11) is 0.953. The van der Waals surface area contributed by atoms with Crippen LogP contribution in [0.5, 0.6) is 0 Å². The zero-order chi connectivity index (χ0) is 19.8. The van der Waals surface area contributed by atoms with Gasteiger partial charge in [-0.3, -0.25) is 10.1 Å². The smallest absolute Gasteiger partial charge is 0.434 e. The normalized spacial score (nSPS) is 11.4. The molecule has 0 saturated heterocycles. The molecule has 1 aromatic heterocycles. The maximum Gasteiger partial charge on any atom is 0.434 e. The Bertz CT molecular complexity index is 1050. The van der Waals surface area contributed by atoms with Crippen molar-refractivity contribution in [1.82, 2.24) is 4.98 Å². The topological polar surface area (TPSA) is 82.3 Å². The lowest BCUT2D eigenvalue weighted by Gasteiger charge is -2.17. The number of methoxy groups -OCH3 is 1. The van der Waals surface area contributed by atoms with E-state index in [1.165, 1.54) is 12.1 Å². The Labute approximate surface area is 150 Å². The molecule has 0 spiro atoms. The summed E-state index contributed by atoms with van der Waals surface area (Å²) in [5, 5.41) is 11.2. The number of pyridine rings is 1. The molecule has 3 rings (SSSR count). The zero-order valence-electron chi connectivity index (χ0n) is 13.8. The van der Waals surface area contributed by atoms with E-state index in [0.29, 0.717) is 0 Å². The summed E-state index contributed by atoms with van der Waals surface area (Å²) >= 11 is 0. The molecular weight excluding hydrogens is 365 g/mol. The number of alkyl halides is 3. The van der Waals surface area contributed by atoms with Crippen molar-refractivity contribution in [3.05, 3.63) is 69.9 Å². The second-order valence-electron chi connectivity index (χ2n) is 5.52. The second-order valence-corrected chi connectivity index (χ2v) is 5.52. The molecular formula is C18H11F3N2O4. The monoisotopic (exact) mass is 376 g/mol. The van der Waals surface area contributed by atoms with Crippen molar-refractivity contribution in [3.63, 3.8) is 0 Å². The number of hydrogen-bond donors (Lipinski definition) is 0. The van der Waals surface area contributed by atoms with Crippen LogP contribution in [0.1, 0.15) is 16.1 Å². The van der Waals surface area contributed by atoms with Crippen LogP contribution in [0.3, 0.4) is 0 Å². The predicted octanol–water partition coefficient (Wildman–Crippen LogP) is 4.62. The number of nitro groups is 1. The number of non-ortho nitro benzene ring substituents is 1. The van der Waals surface area contributed by atoms with Gasteiger partial charge in [-0.2, -0.15) is 13.2 Å². The fourth-order valence-electron chi connectivity index (χ4n) is 2.78. The fraction of sp³-hybridized carbons (Fsp3) is 0.111. The first-order valence-electron chi connectivity index (χ1n) is 7.57. The average molecular weight is 376 g/mol. The van der Waals surface area contributed by atoms with E-state index in [0.717, 1.165) is 25.3 Å². The highest BCUT2D eigenvalue weighted by molar-refractivity contribution is 6.08. The van der Waals surface area contributed by atoms with Gasteiger partial charge in [-0.1, -0.05) is 30.3 Å².